The molecule has 0 saturated carbocycles. The molecule has 2 atom stereocenters. The summed E-state index contributed by atoms with van der Waals surface area (Å²) in [6, 6.07) is 0. The van der Waals surface area contributed by atoms with Gasteiger partial charge in [0.25, 0.3) is 0 Å². The largest absolute Gasteiger partial charge is 0.294 e. The molecule has 1 nitrogen and oxygen atoms in total. The van der Waals surface area contributed by atoms with Crippen LogP contribution in [0.5, 0.6) is 0 Å². The van der Waals surface area contributed by atoms with E-state index in [0.717, 1.165) is 25.7 Å². The van der Waals surface area contributed by atoms with Crippen LogP contribution in [0, 0.1) is 16.7 Å². The van der Waals surface area contributed by atoms with E-state index < -0.39 is 0 Å². The fraction of sp³-hybridized carbons (Fsp3) is 0.667. The average molecular weight is 298 g/mol. The van der Waals surface area contributed by atoms with E-state index in [1.807, 2.05) is 0 Å². The summed E-state index contributed by atoms with van der Waals surface area (Å²) in [4.78, 5) is 13.2. The maximum absolute atomic E-state index is 13.2. The lowest BCUT2D eigenvalue weighted by molar-refractivity contribution is -0.123. The fourth-order valence-corrected chi connectivity index (χ4v) is 5.14. The van der Waals surface area contributed by atoms with Crippen LogP contribution in [0.2, 0.25) is 0 Å². The number of fused-ring (bicyclic) bond motifs is 2. The van der Waals surface area contributed by atoms with Gasteiger partial charge in [-0.25, -0.2) is 0 Å². The predicted molar refractivity (Wildman–Crippen MR) is 92.6 cm³/mol. The molecule has 3 aliphatic carbocycles. The van der Waals surface area contributed by atoms with Crippen molar-refractivity contribution >= 4 is 5.78 Å². The highest BCUT2D eigenvalue weighted by Crippen LogP contribution is 2.65. The second-order valence-corrected chi connectivity index (χ2v) is 8.95. The van der Waals surface area contributed by atoms with Crippen LogP contribution < -0.4 is 0 Å². The van der Waals surface area contributed by atoms with E-state index in [9.17, 15) is 4.79 Å². The van der Waals surface area contributed by atoms with Crippen molar-refractivity contribution in [1.82, 2.24) is 0 Å². The molecule has 0 spiro atoms. The highest BCUT2D eigenvalue weighted by Gasteiger charge is 2.60. The molecule has 0 aliphatic heterocycles. The van der Waals surface area contributed by atoms with E-state index in [1.54, 1.807) is 0 Å². The van der Waals surface area contributed by atoms with E-state index in [2.05, 4.69) is 48.5 Å². The van der Waals surface area contributed by atoms with Crippen molar-refractivity contribution in [3.05, 3.63) is 33.4 Å². The van der Waals surface area contributed by atoms with Crippen LogP contribution in [0.3, 0.4) is 0 Å². The molecular formula is C21H30O. The molecule has 0 amide bonds. The van der Waals surface area contributed by atoms with Crippen molar-refractivity contribution in [1.29, 1.82) is 0 Å². The molecule has 0 aromatic rings. The summed E-state index contributed by atoms with van der Waals surface area (Å²) in [5.41, 5.74) is 8.69. The summed E-state index contributed by atoms with van der Waals surface area (Å²) >= 11 is 0. The first-order valence-corrected chi connectivity index (χ1v) is 8.66. The minimum absolute atomic E-state index is 0.0466. The molecule has 0 bridgehead atoms. The normalized spacial score (nSPS) is 32.7. The topological polar surface area (TPSA) is 17.1 Å². The predicted octanol–water partition coefficient (Wildman–Crippen LogP) is 5.77. The van der Waals surface area contributed by atoms with Gasteiger partial charge in [-0.2, -0.15) is 0 Å². The van der Waals surface area contributed by atoms with E-state index in [0.29, 0.717) is 5.78 Å². The first-order chi connectivity index (χ1) is 10.1. The van der Waals surface area contributed by atoms with Crippen molar-refractivity contribution in [3.8, 4) is 0 Å². The van der Waals surface area contributed by atoms with E-state index in [4.69, 9.17) is 0 Å². The number of carbonyl (C=O) groups excluding carboxylic acids is 1. The van der Waals surface area contributed by atoms with Gasteiger partial charge >= 0.3 is 0 Å². The summed E-state index contributed by atoms with van der Waals surface area (Å²) in [5.74, 6) is 0.642. The second kappa shape index (κ2) is 4.69. The Labute approximate surface area is 135 Å². The summed E-state index contributed by atoms with van der Waals surface area (Å²) < 4.78 is 0. The second-order valence-electron chi connectivity index (χ2n) is 8.95. The number of hydrogen-bond acceptors (Lipinski definition) is 1. The lowest BCUT2D eigenvalue weighted by Crippen LogP contribution is -2.45. The third-order valence-corrected chi connectivity index (χ3v) is 6.85. The van der Waals surface area contributed by atoms with Gasteiger partial charge in [-0.1, -0.05) is 48.6 Å². The highest BCUT2D eigenvalue weighted by molar-refractivity contribution is 6.03. The van der Waals surface area contributed by atoms with Crippen molar-refractivity contribution in [2.45, 2.75) is 74.1 Å². The number of carbonyl (C=O) groups is 1. The van der Waals surface area contributed by atoms with Gasteiger partial charge in [-0.15, -0.1) is 0 Å². The number of Topliss-reactive ketones (excluding diaryl/α,β-unsaturated/α-hetero) is 1. The number of rotatable bonds is 0. The summed E-state index contributed by atoms with van der Waals surface area (Å²) in [6.07, 6.45) is 3.95. The maximum atomic E-state index is 13.2. The Morgan fingerprint density at radius 3 is 2.09 bits per heavy atom. The molecule has 0 fully saturated rings. The number of allylic oxidation sites excluding steroid dienone is 6. The Morgan fingerprint density at radius 1 is 0.909 bits per heavy atom. The SMILES string of the molecule is CC1=C(C)CC2=C(C1)C(=O)C1CC(C)=C(C)CC21C(C)(C)C. The van der Waals surface area contributed by atoms with Gasteiger partial charge in [-0.05, 0) is 64.4 Å². The average Bonchev–Trinajstić information content (AvgIpc) is 2.62. The van der Waals surface area contributed by atoms with Crippen LogP contribution in [-0.2, 0) is 4.79 Å². The van der Waals surface area contributed by atoms with Crippen molar-refractivity contribution in [2.24, 2.45) is 16.7 Å². The van der Waals surface area contributed by atoms with E-state index in [1.165, 1.54) is 33.4 Å². The molecule has 0 radical (unpaired) electrons. The Morgan fingerprint density at radius 2 is 1.50 bits per heavy atom. The Hall–Kier alpha value is -1.11. The minimum atomic E-state index is 0.0466. The summed E-state index contributed by atoms with van der Waals surface area (Å²) in [6.45, 7) is 16.0. The summed E-state index contributed by atoms with van der Waals surface area (Å²) in [7, 11) is 0. The van der Waals surface area contributed by atoms with Crippen molar-refractivity contribution in [2.75, 3.05) is 0 Å². The van der Waals surface area contributed by atoms with Crippen LogP contribution in [0.1, 0.15) is 74.1 Å². The van der Waals surface area contributed by atoms with Gasteiger partial charge in [0.2, 0.25) is 0 Å². The summed E-state index contributed by atoms with van der Waals surface area (Å²) in [5, 5.41) is 0. The first-order valence-electron chi connectivity index (χ1n) is 8.66. The van der Waals surface area contributed by atoms with Crippen LogP contribution in [0.15, 0.2) is 33.4 Å². The van der Waals surface area contributed by atoms with Crippen LogP contribution >= 0.6 is 0 Å². The third-order valence-electron chi connectivity index (χ3n) is 6.85. The molecule has 0 N–H and O–H groups in total. The monoisotopic (exact) mass is 298 g/mol. The first kappa shape index (κ1) is 15.8. The Balaban J connectivity index is 2.20. The Bertz CT molecular complexity index is 648. The Kier molecular flexibility index (Phi) is 3.36. The number of hydrogen-bond donors (Lipinski definition) is 0. The molecule has 120 valence electrons. The molecular weight excluding hydrogens is 268 g/mol. The standard InChI is InChI=1S/C21H30O/c1-12-8-16-17(9-13(12)2)21(20(5,6)7)11-15(4)14(3)10-18(21)19(16)22/h18H,8-11H2,1-7H3. The van der Waals surface area contributed by atoms with Gasteiger partial charge in [0.05, 0.1) is 0 Å². The van der Waals surface area contributed by atoms with Gasteiger partial charge in [0, 0.05) is 11.3 Å². The molecule has 0 saturated heterocycles. The smallest absolute Gasteiger partial charge is 0.163 e. The molecule has 22 heavy (non-hydrogen) atoms. The molecule has 2 unspecified atom stereocenters. The zero-order valence-corrected chi connectivity index (χ0v) is 15.3. The zero-order chi connectivity index (χ0) is 16.4. The van der Waals surface area contributed by atoms with Gasteiger partial charge < -0.3 is 0 Å². The molecule has 0 aromatic carbocycles. The van der Waals surface area contributed by atoms with Crippen LogP contribution in [0.25, 0.3) is 0 Å². The van der Waals surface area contributed by atoms with Gasteiger partial charge in [0.1, 0.15) is 0 Å². The third kappa shape index (κ3) is 1.87. The molecule has 0 aromatic heterocycles. The van der Waals surface area contributed by atoms with Crippen LogP contribution in [-0.4, -0.2) is 5.78 Å². The minimum Gasteiger partial charge on any atom is -0.294 e. The van der Waals surface area contributed by atoms with Crippen LogP contribution in [0.4, 0.5) is 0 Å². The highest BCUT2D eigenvalue weighted by atomic mass is 16.1. The van der Waals surface area contributed by atoms with Gasteiger partial charge in [-0.3, -0.25) is 4.79 Å². The molecule has 3 aliphatic rings. The zero-order valence-electron chi connectivity index (χ0n) is 15.3. The lowest BCUT2D eigenvalue weighted by atomic mass is 9.51. The quantitative estimate of drug-likeness (QED) is 0.518. The van der Waals surface area contributed by atoms with E-state index >= 15 is 0 Å². The fourth-order valence-electron chi connectivity index (χ4n) is 5.14. The van der Waals surface area contributed by atoms with Crippen molar-refractivity contribution in [3.63, 3.8) is 0 Å². The molecule has 1 heteroatoms. The number of ketones is 1. The lowest BCUT2D eigenvalue weighted by Gasteiger charge is -2.51. The van der Waals surface area contributed by atoms with Gasteiger partial charge in [0.15, 0.2) is 5.78 Å². The van der Waals surface area contributed by atoms with E-state index in [-0.39, 0.29) is 16.7 Å². The van der Waals surface area contributed by atoms with Crippen molar-refractivity contribution < 1.29 is 4.79 Å². The molecule has 0 heterocycles. The molecule has 3 rings (SSSR count). The maximum Gasteiger partial charge on any atom is 0.163 e.